The van der Waals surface area contributed by atoms with E-state index < -0.39 is 0 Å². The van der Waals surface area contributed by atoms with E-state index in [2.05, 4.69) is 39.0 Å². The smallest absolute Gasteiger partial charge is 0.228 e. The number of hydrogen-bond acceptors (Lipinski definition) is 6. The zero-order valence-electron chi connectivity index (χ0n) is 13.6. The Kier molecular flexibility index (Phi) is 5.15. The number of rotatable bonds is 5. The van der Waals surface area contributed by atoms with Crippen LogP contribution < -0.4 is 5.32 Å². The van der Waals surface area contributed by atoms with Gasteiger partial charge in [0.05, 0.1) is 12.3 Å². The standard InChI is InChI=1S/C17H23N5O/c1-13(2)11-22-9-10-23-15(12-22)14-5-3-6-16(20-14)21-17-18-7-4-8-19-17/h3-8,13,15H,9-12H2,1-2H3,(H,18,19,20,21)/t15-/m0/s1. The predicted molar refractivity (Wildman–Crippen MR) is 89.5 cm³/mol. The molecule has 0 aliphatic carbocycles. The second-order valence-corrected chi connectivity index (χ2v) is 6.16. The Morgan fingerprint density at radius 3 is 2.87 bits per heavy atom. The second kappa shape index (κ2) is 7.48. The molecule has 6 nitrogen and oxygen atoms in total. The van der Waals surface area contributed by atoms with Gasteiger partial charge in [0, 0.05) is 32.0 Å². The number of anilines is 2. The van der Waals surface area contributed by atoms with Gasteiger partial charge in [-0.05, 0) is 24.1 Å². The van der Waals surface area contributed by atoms with Crippen LogP contribution in [0.25, 0.3) is 0 Å². The zero-order chi connectivity index (χ0) is 16.1. The lowest BCUT2D eigenvalue weighted by molar-refractivity contribution is -0.0351. The van der Waals surface area contributed by atoms with E-state index in [-0.39, 0.29) is 6.10 Å². The number of pyridine rings is 1. The van der Waals surface area contributed by atoms with Crippen molar-refractivity contribution in [2.75, 3.05) is 31.6 Å². The van der Waals surface area contributed by atoms with Crippen molar-refractivity contribution < 1.29 is 4.74 Å². The molecule has 6 heteroatoms. The van der Waals surface area contributed by atoms with Crippen molar-refractivity contribution in [3.05, 3.63) is 42.4 Å². The van der Waals surface area contributed by atoms with E-state index in [0.717, 1.165) is 37.8 Å². The van der Waals surface area contributed by atoms with Gasteiger partial charge in [0.15, 0.2) is 0 Å². The molecule has 1 atom stereocenters. The van der Waals surface area contributed by atoms with E-state index in [1.54, 1.807) is 18.5 Å². The summed E-state index contributed by atoms with van der Waals surface area (Å²) in [6, 6.07) is 7.70. The average molecular weight is 313 g/mol. The molecule has 0 spiro atoms. The van der Waals surface area contributed by atoms with E-state index in [9.17, 15) is 0 Å². The molecule has 1 aliphatic rings. The number of nitrogens with one attached hydrogen (secondary N) is 1. The minimum absolute atomic E-state index is 0.0148. The summed E-state index contributed by atoms with van der Waals surface area (Å²) < 4.78 is 5.92. The SMILES string of the molecule is CC(C)CN1CCO[C@H](c2cccc(Nc3ncccn3)n2)C1. The molecule has 0 unspecified atom stereocenters. The lowest BCUT2D eigenvalue weighted by Crippen LogP contribution is -2.40. The molecule has 0 amide bonds. The Labute approximate surface area is 136 Å². The molecular formula is C17H23N5O. The van der Waals surface area contributed by atoms with Gasteiger partial charge in [-0.15, -0.1) is 0 Å². The number of aromatic nitrogens is 3. The third-order valence-electron chi connectivity index (χ3n) is 3.68. The fourth-order valence-electron chi connectivity index (χ4n) is 2.74. The fraction of sp³-hybridized carbons (Fsp3) is 0.471. The van der Waals surface area contributed by atoms with Crippen LogP contribution in [-0.4, -0.2) is 46.1 Å². The van der Waals surface area contributed by atoms with Gasteiger partial charge in [-0.2, -0.15) is 0 Å². The molecule has 0 saturated carbocycles. The van der Waals surface area contributed by atoms with Crippen molar-refractivity contribution in [2.45, 2.75) is 20.0 Å². The van der Waals surface area contributed by atoms with Crippen LogP contribution in [0.1, 0.15) is 25.6 Å². The van der Waals surface area contributed by atoms with Gasteiger partial charge in [-0.1, -0.05) is 19.9 Å². The normalized spacial score (nSPS) is 19.0. The van der Waals surface area contributed by atoms with Gasteiger partial charge in [-0.25, -0.2) is 15.0 Å². The topological polar surface area (TPSA) is 63.2 Å². The zero-order valence-corrected chi connectivity index (χ0v) is 13.6. The van der Waals surface area contributed by atoms with Gasteiger partial charge in [0.1, 0.15) is 11.9 Å². The van der Waals surface area contributed by atoms with Crippen LogP contribution in [0.4, 0.5) is 11.8 Å². The molecule has 0 bridgehead atoms. The molecule has 23 heavy (non-hydrogen) atoms. The predicted octanol–water partition coefficient (Wildman–Crippen LogP) is 2.64. The van der Waals surface area contributed by atoms with Crippen LogP contribution in [0.2, 0.25) is 0 Å². The van der Waals surface area contributed by atoms with E-state index >= 15 is 0 Å². The molecule has 0 aromatic carbocycles. The molecule has 1 fully saturated rings. The largest absolute Gasteiger partial charge is 0.369 e. The van der Waals surface area contributed by atoms with Crippen molar-refractivity contribution in [3.63, 3.8) is 0 Å². The molecule has 2 aromatic rings. The molecule has 122 valence electrons. The Balaban J connectivity index is 1.69. The summed E-state index contributed by atoms with van der Waals surface area (Å²) in [6.45, 7) is 8.20. The van der Waals surface area contributed by atoms with Gasteiger partial charge < -0.3 is 10.1 Å². The number of hydrogen-bond donors (Lipinski definition) is 1. The molecule has 2 aromatic heterocycles. The highest BCUT2D eigenvalue weighted by Gasteiger charge is 2.23. The molecule has 3 rings (SSSR count). The van der Waals surface area contributed by atoms with Crippen LogP contribution in [0.5, 0.6) is 0 Å². The summed E-state index contributed by atoms with van der Waals surface area (Å²) in [5.74, 6) is 1.94. The van der Waals surface area contributed by atoms with Crippen molar-refractivity contribution in [1.82, 2.24) is 19.9 Å². The first-order chi connectivity index (χ1) is 11.2. The first-order valence-corrected chi connectivity index (χ1v) is 8.05. The van der Waals surface area contributed by atoms with Crippen molar-refractivity contribution in [1.29, 1.82) is 0 Å². The quantitative estimate of drug-likeness (QED) is 0.915. The Morgan fingerprint density at radius 1 is 1.26 bits per heavy atom. The highest BCUT2D eigenvalue weighted by atomic mass is 16.5. The highest BCUT2D eigenvalue weighted by Crippen LogP contribution is 2.23. The molecule has 0 radical (unpaired) electrons. The maximum Gasteiger partial charge on any atom is 0.228 e. The molecular weight excluding hydrogens is 290 g/mol. The summed E-state index contributed by atoms with van der Waals surface area (Å²) in [5.41, 5.74) is 0.944. The number of morpholine rings is 1. The van der Waals surface area contributed by atoms with E-state index in [0.29, 0.717) is 11.9 Å². The van der Waals surface area contributed by atoms with E-state index in [4.69, 9.17) is 4.74 Å². The average Bonchev–Trinajstić information content (AvgIpc) is 2.56. The summed E-state index contributed by atoms with van der Waals surface area (Å²) in [5, 5.41) is 3.12. The molecule has 3 heterocycles. The maximum atomic E-state index is 5.92. The van der Waals surface area contributed by atoms with Gasteiger partial charge in [-0.3, -0.25) is 4.90 Å². The monoisotopic (exact) mass is 313 g/mol. The van der Waals surface area contributed by atoms with Crippen molar-refractivity contribution in [3.8, 4) is 0 Å². The van der Waals surface area contributed by atoms with Crippen LogP contribution >= 0.6 is 0 Å². The minimum atomic E-state index is 0.0148. The number of ether oxygens (including phenoxy) is 1. The molecule has 1 aliphatic heterocycles. The first-order valence-electron chi connectivity index (χ1n) is 8.05. The fourth-order valence-corrected chi connectivity index (χ4v) is 2.74. The van der Waals surface area contributed by atoms with Crippen molar-refractivity contribution in [2.24, 2.45) is 5.92 Å². The highest BCUT2D eigenvalue weighted by molar-refractivity contribution is 5.47. The number of nitrogens with zero attached hydrogens (tertiary/aromatic N) is 4. The molecule has 1 N–H and O–H groups in total. The minimum Gasteiger partial charge on any atom is -0.369 e. The van der Waals surface area contributed by atoms with Crippen LogP contribution in [0.3, 0.4) is 0 Å². The third-order valence-corrected chi connectivity index (χ3v) is 3.68. The molecule has 1 saturated heterocycles. The third kappa shape index (κ3) is 4.46. The summed E-state index contributed by atoms with van der Waals surface area (Å²) in [4.78, 5) is 15.4. The van der Waals surface area contributed by atoms with Crippen LogP contribution in [0.15, 0.2) is 36.7 Å². The van der Waals surface area contributed by atoms with Crippen LogP contribution in [0, 0.1) is 5.92 Å². The van der Waals surface area contributed by atoms with E-state index in [1.807, 2.05) is 18.2 Å². The summed E-state index contributed by atoms with van der Waals surface area (Å²) >= 11 is 0. The Bertz CT molecular complexity index is 619. The lowest BCUT2D eigenvalue weighted by Gasteiger charge is -2.33. The van der Waals surface area contributed by atoms with Crippen molar-refractivity contribution >= 4 is 11.8 Å². The summed E-state index contributed by atoms with van der Waals surface area (Å²) in [6.07, 6.45) is 3.42. The van der Waals surface area contributed by atoms with Gasteiger partial charge in [0.2, 0.25) is 5.95 Å². The second-order valence-electron chi connectivity index (χ2n) is 6.16. The maximum absolute atomic E-state index is 5.92. The van der Waals surface area contributed by atoms with E-state index in [1.165, 1.54) is 0 Å². The van der Waals surface area contributed by atoms with Crippen LogP contribution in [-0.2, 0) is 4.74 Å². The van der Waals surface area contributed by atoms with Gasteiger partial charge >= 0.3 is 0 Å². The Hall–Kier alpha value is -2.05. The first kappa shape index (κ1) is 15.8. The summed E-state index contributed by atoms with van der Waals surface area (Å²) in [7, 11) is 0. The van der Waals surface area contributed by atoms with Gasteiger partial charge in [0.25, 0.3) is 0 Å². The lowest BCUT2D eigenvalue weighted by atomic mass is 10.1. The Morgan fingerprint density at radius 2 is 2.09 bits per heavy atom.